The van der Waals surface area contributed by atoms with Gasteiger partial charge in [0.1, 0.15) is 0 Å². The fourth-order valence-corrected chi connectivity index (χ4v) is 1.87. The van der Waals surface area contributed by atoms with Gasteiger partial charge in [-0.1, -0.05) is 6.08 Å². The molecular formula is C7H13NS. The summed E-state index contributed by atoms with van der Waals surface area (Å²) in [5.74, 6) is 1.30. The van der Waals surface area contributed by atoms with Gasteiger partial charge in [0.15, 0.2) is 0 Å². The summed E-state index contributed by atoms with van der Waals surface area (Å²) in [5.41, 5.74) is 0. The predicted molar refractivity (Wildman–Crippen MR) is 43.7 cm³/mol. The minimum absolute atomic E-state index is 1.12. The topological polar surface area (TPSA) is 12.0 Å². The van der Waals surface area contributed by atoms with Gasteiger partial charge in [-0.2, -0.15) is 0 Å². The Bertz CT molecular complexity index is 109. The van der Waals surface area contributed by atoms with Crippen molar-refractivity contribution in [3.8, 4) is 0 Å². The van der Waals surface area contributed by atoms with Crippen molar-refractivity contribution in [2.75, 3.05) is 19.3 Å². The van der Waals surface area contributed by atoms with Crippen molar-refractivity contribution >= 4 is 11.8 Å². The van der Waals surface area contributed by atoms with Crippen molar-refractivity contribution in [2.24, 2.45) is 0 Å². The van der Waals surface area contributed by atoms with E-state index in [-0.39, 0.29) is 0 Å². The molecule has 0 saturated heterocycles. The lowest BCUT2D eigenvalue weighted by molar-refractivity contribution is 0.803. The molecule has 0 spiro atoms. The summed E-state index contributed by atoms with van der Waals surface area (Å²) in [6.07, 6.45) is 4.85. The first-order valence-corrected chi connectivity index (χ1v) is 4.38. The highest BCUT2D eigenvalue weighted by Crippen LogP contribution is 2.26. The molecule has 1 aliphatic rings. The number of hydrogen-bond acceptors (Lipinski definition) is 2. The quantitative estimate of drug-likeness (QED) is 0.644. The zero-order chi connectivity index (χ0) is 6.53. The predicted octanol–water partition coefficient (Wildman–Crippen LogP) is 1.62. The van der Waals surface area contributed by atoms with Gasteiger partial charge in [-0.25, -0.2) is 0 Å². The van der Waals surface area contributed by atoms with Gasteiger partial charge in [0.05, 0.1) is 0 Å². The third-order valence-electron chi connectivity index (χ3n) is 1.40. The van der Waals surface area contributed by atoms with E-state index in [2.05, 4.69) is 11.4 Å². The largest absolute Gasteiger partial charge is 0.319 e. The Morgan fingerprint density at radius 3 is 3.22 bits per heavy atom. The van der Waals surface area contributed by atoms with Crippen LogP contribution >= 0.6 is 11.8 Å². The lowest BCUT2D eigenvalue weighted by Gasteiger charge is -1.97. The van der Waals surface area contributed by atoms with Crippen LogP contribution in [-0.4, -0.2) is 19.3 Å². The summed E-state index contributed by atoms with van der Waals surface area (Å²) in [5, 5.41) is 3.14. The van der Waals surface area contributed by atoms with Crippen LogP contribution in [0.3, 0.4) is 0 Å². The molecule has 0 unspecified atom stereocenters. The molecule has 0 amide bonds. The zero-order valence-electron chi connectivity index (χ0n) is 5.81. The maximum absolute atomic E-state index is 3.14. The zero-order valence-corrected chi connectivity index (χ0v) is 6.63. The maximum Gasteiger partial charge on any atom is 0.00117 e. The van der Waals surface area contributed by atoms with Crippen LogP contribution in [0.15, 0.2) is 11.0 Å². The maximum atomic E-state index is 3.14. The van der Waals surface area contributed by atoms with Crippen LogP contribution in [0.5, 0.6) is 0 Å². The summed E-state index contributed by atoms with van der Waals surface area (Å²) < 4.78 is 0. The summed E-state index contributed by atoms with van der Waals surface area (Å²) in [6, 6.07) is 0. The highest BCUT2D eigenvalue weighted by Gasteiger charge is 2.02. The van der Waals surface area contributed by atoms with E-state index in [0.717, 1.165) is 6.54 Å². The van der Waals surface area contributed by atoms with E-state index in [1.807, 2.05) is 18.8 Å². The van der Waals surface area contributed by atoms with Gasteiger partial charge in [0, 0.05) is 5.75 Å². The first-order chi connectivity index (χ1) is 4.43. The third-order valence-corrected chi connectivity index (χ3v) is 2.58. The highest BCUT2D eigenvalue weighted by atomic mass is 32.2. The third kappa shape index (κ3) is 2.41. The van der Waals surface area contributed by atoms with Gasteiger partial charge in [0.2, 0.25) is 0 Å². The second-order valence-electron chi connectivity index (χ2n) is 2.16. The molecule has 0 aromatic carbocycles. The molecule has 1 N–H and O–H groups in total. The van der Waals surface area contributed by atoms with Gasteiger partial charge in [-0.15, -0.1) is 11.8 Å². The molecule has 0 fully saturated rings. The molecule has 1 heterocycles. The summed E-state index contributed by atoms with van der Waals surface area (Å²) in [4.78, 5) is 1.57. The smallest absolute Gasteiger partial charge is 0.00117 e. The molecule has 1 aliphatic heterocycles. The number of rotatable bonds is 3. The molecule has 0 bridgehead atoms. The van der Waals surface area contributed by atoms with Crippen molar-refractivity contribution in [3.05, 3.63) is 11.0 Å². The fraction of sp³-hybridized carbons (Fsp3) is 0.714. The molecule has 52 valence electrons. The number of nitrogens with one attached hydrogen (secondary N) is 1. The Morgan fingerprint density at radius 2 is 2.67 bits per heavy atom. The summed E-state index contributed by atoms with van der Waals surface area (Å²) in [6.45, 7) is 1.12. The Balaban J connectivity index is 2.11. The molecule has 1 rings (SSSR count). The molecule has 0 atom stereocenters. The second-order valence-corrected chi connectivity index (χ2v) is 3.38. The highest BCUT2D eigenvalue weighted by molar-refractivity contribution is 8.03. The minimum Gasteiger partial charge on any atom is -0.319 e. The van der Waals surface area contributed by atoms with Gasteiger partial charge < -0.3 is 5.32 Å². The van der Waals surface area contributed by atoms with E-state index in [9.17, 15) is 0 Å². The molecular weight excluding hydrogens is 130 g/mol. The van der Waals surface area contributed by atoms with Gasteiger partial charge >= 0.3 is 0 Å². The van der Waals surface area contributed by atoms with Crippen LogP contribution < -0.4 is 5.32 Å². The number of thioether (sulfide) groups is 1. The van der Waals surface area contributed by atoms with Crippen LogP contribution in [0, 0.1) is 0 Å². The molecule has 0 radical (unpaired) electrons. The van der Waals surface area contributed by atoms with Crippen molar-refractivity contribution in [1.82, 2.24) is 5.32 Å². The van der Waals surface area contributed by atoms with E-state index in [0.29, 0.717) is 0 Å². The fourth-order valence-electron chi connectivity index (χ4n) is 0.891. The van der Waals surface area contributed by atoms with E-state index in [1.54, 1.807) is 4.91 Å². The summed E-state index contributed by atoms with van der Waals surface area (Å²) >= 11 is 2.00. The first-order valence-electron chi connectivity index (χ1n) is 3.40. The average molecular weight is 143 g/mol. The average Bonchev–Trinajstić information content (AvgIpc) is 2.34. The van der Waals surface area contributed by atoms with Crippen LogP contribution in [0.1, 0.15) is 12.8 Å². The molecule has 0 saturated carbocycles. The van der Waals surface area contributed by atoms with E-state index in [1.165, 1.54) is 18.6 Å². The normalized spacial score (nSPS) is 18.1. The standard InChI is InChI=1S/C7H13NS/c1-8-5-4-7-3-2-6-9-7/h3,8H,2,4-6H2,1H3. The van der Waals surface area contributed by atoms with Crippen molar-refractivity contribution in [2.45, 2.75) is 12.8 Å². The minimum atomic E-state index is 1.12. The van der Waals surface area contributed by atoms with E-state index < -0.39 is 0 Å². The molecule has 0 aromatic heterocycles. The van der Waals surface area contributed by atoms with E-state index >= 15 is 0 Å². The molecule has 9 heavy (non-hydrogen) atoms. The Hall–Kier alpha value is 0.0500. The van der Waals surface area contributed by atoms with Crippen LogP contribution in [0.4, 0.5) is 0 Å². The Kier molecular flexibility index (Phi) is 3.15. The van der Waals surface area contributed by atoms with E-state index in [4.69, 9.17) is 0 Å². The second kappa shape index (κ2) is 3.96. The molecule has 0 aromatic rings. The Labute approximate surface area is 60.9 Å². The SMILES string of the molecule is CNCCC1=CCCS1. The van der Waals surface area contributed by atoms with Gasteiger partial charge in [-0.05, 0) is 31.3 Å². The molecule has 1 nitrogen and oxygen atoms in total. The molecule has 0 aliphatic carbocycles. The Morgan fingerprint density at radius 1 is 1.78 bits per heavy atom. The van der Waals surface area contributed by atoms with Crippen molar-refractivity contribution < 1.29 is 0 Å². The lowest BCUT2D eigenvalue weighted by Crippen LogP contribution is -2.07. The molecule has 2 heteroatoms. The van der Waals surface area contributed by atoms with Crippen LogP contribution in [-0.2, 0) is 0 Å². The van der Waals surface area contributed by atoms with Gasteiger partial charge in [0.25, 0.3) is 0 Å². The monoisotopic (exact) mass is 143 g/mol. The number of hydrogen-bond donors (Lipinski definition) is 1. The number of allylic oxidation sites excluding steroid dienone is 1. The van der Waals surface area contributed by atoms with Crippen LogP contribution in [0.25, 0.3) is 0 Å². The lowest BCUT2D eigenvalue weighted by atomic mass is 10.3. The first kappa shape index (κ1) is 7.16. The van der Waals surface area contributed by atoms with Crippen LogP contribution in [0.2, 0.25) is 0 Å². The van der Waals surface area contributed by atoms with Crippen molar-refractivity contribution in [1.29, 1.82) is 0 Å². The van der Waals surface area contributed by atoms with Gasteiger partial charge in [-0.3, -0.25) is 0 Å². The van der Waals surface area contributed by atoms with Crippen molar-refractivity contribution in [3.63, 3.8) is 0 Å². The summed E-state index contributed by atoms with van der Waals surface area (Å²) in [7, 11) is 2.00.